The largest absolute Gasteiger partial charge is 0.416 e. The Morgan fingerprint density at radius 1 is 1.17 bits per heavy atom. The minimum atomic E-state index is -4.36. The van der Waals surface area contributed by atoms with Crippen molar-refractivity contribution in [1.82, 2.24) is 9.36 Å². The second kappa shape index (κ2) is 5.96. The maximum Gasteiger partial charge on any atom is 0.416 e. The molecule has 3 rings (SSSR count). The molecule has 1 aromatic carbocycles. The van der Waals surface area contributed by atoms with E-state index in [0.29, 0.717) is 22.0 Å². The van der Waals surface area contributed by atoms with E-state index in [4.69, 9.17) is 0 Å². The average Bonchev–Trinajstić information content (AvgIpc) is 2.95. The molecule has 0 aliphatic heterocycles. The summed E-state index contributed by atoms with van der Waals surface area (Å²) in [5.74, 6) is 0.431. The summed E-state index contributed by atoms with van der Waals surface area (Å²) in [6, 6.07) is 8.54. The first-order chi connectivity index (χ1) is 10.9. The molecule has 0 unspecified atom stereocenters. The quantitative estimate of drug-likeness (QED) is 0.589. The van der Waals surface area contributed by atoms with Gasteiger partial charge in [-0.25, -0.2) is 4.98 Å². The molecule has 1 N–H and O–H groups in total. The van der Waals surface area contributed by atoms with Gasteiger partial charge in [0, 0.05) is 17.2 Å². The van der Waals surface area contributed by atoms with Crippen LogP contribution in [0.15, 0.2) is 48.8 Å². The number of aromatic nitrogens is 3. The van der Waals surface area contributed by atoms with Gasteiger partial charge in [-0.05, 0) is 29.2 Å². The van der Waals surface area contributed by atoms with Gasteiger partial charge in [0.15, 0.2) is 5.82 Å². The highest BCUT2D eigenvalue weighted by Gasteiger charge is 2.30. The van der Waals surface area contributed by atoms with Gasteiger partial charge in [0.25, 0.3) is 0 Å². The number of nitrogens with zero attached hydrogens (tertiary/aromatic N) is 3. The number of rotatable bonds is 3. The topological polar surface area (TPSA) is 49.9 Å². The van der Waals surface area contributed by atoms with Gasteiger partial charge in [-0.1, -0.05) is 18.2 Å². The summed E-state index contributed by atoms with van der Waals surface area (Å²) in [6.07, 6.45) is -1.18. The Bertz CT molecular complexity index is 833. The van der Waals surface area contributed by atoms with Gasteiger partial charge in [-0.3, -0.25) is 5.21 Å². The van der Waals surface area contributed by atoms with Crippen molar-refractivity contribution in [2.24, 2.45) is 0 Å². The van der Waals surface area contributed by atoms with Gasteiger partial charge in [0.2, 0.25) is 12.4 Å². The fourth-order valence-electron chi connectivity index (χ4n) is 2.07. The fraction of sp³-hybridized carbons (Fsp3) is 0.133. The van der Waals surface area contributed by atoms with E-state index in [0.717, 1.165) is 28.4 Å². The summed E-state index contributed by atoms with van der Waals surface area (Å²) in [4.78, 5) is 4.31. The molecule has 2 heterocycles. The third-order valence-electron chi connectivity index (χ3n) is 3.12. The van der Waals surface area contributed by atoms with Gasteiger partial charge in [0.1, 0.15) is 5.01 Å². The second-order valence-corrected chi connectivity index (χ2v) is 5.70. The molecule has 0 radical (unpaired) electrons. The van der Waals surface area contributed by atoms with E-state index in [1.54, 1.807) is 18.2 Å². The molecule has 0 spiro atoms. The molecule has 0 bridgehead atoms. The zero-order chi connectivity index (χ0) is 16.4. The molecule has 23 heavy (non-hydrogen) atoms. The van der Waals surface area contributed by atoms with E-state index in [1.165, 1.54) is 18.5 Å². The zero-order valence-corrected chi connectivity index (χ0v) is 12.5. The highest BCUT2D eigenvalue weighted by Crippen LogP contribution is 2.30. The summed E-state index contributed by atoms with van der Waals surface area (Å²) >= 11 is 1.13. The molecule has 0 amide bonds. The van der Waals surface area contributed by atoms with Crippen molar-refractivity contribution < 1.29 is 23.1 Å². The van der Waals surface area contributed by atoms with Crippen LogP contribution in [0.2, 0.25) is 0 Å². The van der Waals surface area contributed by atoms with Crippen LogP contribution < -0.4 is 4.73 Å². The van der Waals surface area contributed by atoms with E-state index >= 15 is 0 Å². The minimum absolute atomic E-state index is 0.271. The number of alkyl halides is 3. The van der Waals surface area contributed by atoms with E-state index in [1.807, 2.05) is 0 Å². The molecular weight excluding hydrogens is 327 g/mol. The van der Waals surface area contributed by atoms with E-state index in [2.05, 4.69) is 9.36 Å². The van der Waals surface area contributed by atoms with Crippen LogP contribution in [0, 0.1) is 0 Å². The lowest BCUT2D eigenvalue weighted by atomic mass is 10.1. The van der Waals surface area contributed by atoms with Crippen LogP contribution in [0.3, 0.4) is 0 Å². The van der Waals surface area contributed by atoms with Gasteiger partial charge in [-0.15, -0.1) is 0 Å². The fourth-order valence-corrected chi connectivity index (χ4v) is 2.77. The predicted molar refractivity (Wildman–Crippen MR) is 77.0 cm³/mol. The van der Waals surface area contributed by atoms with Crippen LogP contribution in [0.5, 0.6) is 0 Å². The number of pyridine rings is 1. The standard InChI is InChI=1S/C15H11F3N3OS/c16-15(17,18)12-5-1-3-10(7-12)8-13-19-14(20-23-13)11-4-2-6-21(22)9-11/h1-7,9,22H,8H2/q+1. The van der Waals surface area contributed by atoms with Gasteiger partial charge < -0.3 is 0 Å². The third kappa shape index (κ3) is 3.65. The lowest BCUT2D eigenvalue weighted by Gasteiger charge is -2.07. The van der Waals surface area contributed by atoms with E-state index in [9.17, 15) is 18.4 Å². The van der Waals surface area contributed by atoms with Crippen LogP contribution >= 0.6 is 11.5 Å². The molecule has 0 atom stereocenters. The zero-order valence-electron chi connectivity index (χ0n) is 11.7. The summed E-state index contributed by atoms with van der Waals surface area (Å²) in [6.45, 7) is 0. The van der Waals surface area contributed by atoms with E-state index < -0.39 is 11.7 Å². The van der Waals surface area contributed by atoms with Crippen LogP contribution in [0.1, 0.15) is 16.1 Å². The van der Waals surface area contributed by atoms with Crippen LogP contribution in [-0.2, 0) is 12.6 Å². The SMILES string of the molecule is O[n+]1cccc(-c2nsc(Cc3cccc(C(F)(F)F)c3)n2)c1. The average molecular weight is 338 g/mol. The van der Waals surface area contributed by atoms with Crippen molar-refractivity contribution in [3.8, 4) is 11.4 Å². The molecule has 8 heteroatoms. The second-order valence-electron chi connectivity index (χ2n) is 4.86. The van der Waals surface area contributed by atoms with Crippen molar-refractivity contribution in [1.29, 1.82) is 0 Å². The maximum absolute atomic E-state index is 12.7. The Balaban J connectivity index is 1.82. The van der Waals surface area contributed by atoms with Crippen molar-refractivity contribution in [2.75, 3.05) is 0 Å². The number of halogens is 3. The Labute approximate surface area is 133 Å². The highest BCUT2D eigenvalue weighted by atomic mass is 32.1. The van der Waals surface area contributed by atoms with Crippen molar-refractivity contribution in [2.45, 2.75) is 12.6 Å². The molecule has 0 saturated heterocycles. The number of benzene rings is 1. The van der Waals surface area contributed by atoms with E-state index in [-0.39, 0.29) is 6.42 Å². The van der Waals surface area contributed by atoms with Crippen LogP contribution in [0.4, 0.5) is 13.2 Å². The number of hydrogen-bond acceptors (Lipinski definition) is 4. The highest BCUT2D eigenvalue weighted by molar-refractivity contribution is 7.05. The molecule has 118 valence electrons. The van der Waals surface area contributed by atoms with Crippen molar-refractivity contribution >= 4 is 11.5 Å². The van der Waals surface area contributed by atoms with Crippen molar-refractivity contribution in [3.05, 3.63) is 64.9 Å². The smallest absolute Gasteiger partial charge is 0.285 e. The normalized spacial score (nSPS) is 11.6. The summed E-state index contributed by atoms with van der Waals surface area (Å²) < 4.78 is 43.2. The summed E-state index contributed by atoms with van der Waals surface area (Å²) in [5.41, 5.74) is 0.471. The maximum atomic E-state index is 12.7. The van der Waals surface area contributed by atoms with Crippen molar-refractivity contribution in [3.63, 3.8) is 0 Å². The molecule has 0 aliphatic carbocycles. The Morgan fingerprint density at radius 3 is 2.74 bits per heavy atom. The van der Waals surface area contributed by atoms with Crippen LogP contribution in [-0.4, -0.2) is 14.6 Å². The first kappa shape index (κ1) is 15.4. The molecular formula is C15H11F3N3OS+. The molecule has 0 fully saturated rings. The predicted octanol–water partition coefficient (Wildman–Crippen LogP) is 3.34. The van der Waals surface area contributed by atoms with Gasteiger partial charge in [-0.2, -0.15) is 17.5 Å². The lowest BCUT2D eigenvalue weighted by Crippen LogP contribution is -2.28. The summed E-state index contributed by atoms with van der Waals surface area (Å²) in [7, 11) is 0. The first-order valence-corrected chi connectivity index (χ1v) is 7.39. The Kier molecular flexibility index (Phi) is 3.99. The molecule has 0 aliphatic rings. The molecule has 2 aromatic heterocycles. The molecule has 4 nitrogen and oxygen atoms in total. The van der Waals surface area contributed by atoms with Gasteiger partial charge >= 0.3 is 6.18 Å². The van der Waals surface area contributed by atoms with Gasteiger partial charge in [0.05, 0.1) is 11.1 Å². The summed E-state index contributed by atoms with van der Waals surface area (Å²) in [5, 5.41) is 9.99. The monoisotopic (exact) mass is 338 g/mol. The Hall–Kier alpha value is -2.48. The first-order valence-electron chi connectivity index (χ1n) is 6.61. The minimum Gasteiger partial charge on any atom is -0.285 e. The Morgan fingerprint density at radius 2 is 2.00 bits per heavy atom. The number of hydrogen-bond donors (Lipinski definition) is 1. The molecule has 3 aromatic rings. The lowest BCUT2D eigenvalue weighted by molar-refractivity contribution is -0.904. The third-order valence-corrected chi connectivity index (χ3v) is 3.83. The van der Waals surface area contributed by atoms with Crippen LogP contribution in [0.25, 0.3) is 11.4 Å². The molecule has 0 saturated carbocycles.